The summed E-state index contributed by atoms with van der Waals surface area (Å²) < 4.78 is 5.25. The van der Waals surface area contributed by atoms with Crippen molar-refractivity contribution in [3.05, 3.63) is 124 Å². The summed E-state index contributed by atoms with van der Waals surface area (Å²) in [5.41, 5.74) is 4.60. The quantitative estimate of drug-likeness (QED) is 0.334. The number of thioether (sulfide) groups is 1. The molecule has 5 rings (SSSR count). The van der Waals surface area contributed by atoms with Crippen molar-refractivity contribution in [1.82, 2.24) is 5.32 Å². The van der Waals surface area contributed by atoms with Crippen LogP contribution in [0.3, 0.4) is 0 Å². The fraction of sp³-hybridized carbons (Fsp3) is 0.103. The standard InChI is InChI=1S/C29H24N2O3S/c1-20-7-2-3-8-23(20)19-31-25-10-4-5-11-26(25)35-27(29(31)33)17-21-12-14-22(15-13-21)28(32)30-18-24-9-6-16-34-24/h2-17H,18-19H2,1H3,(H,30,32). The van der Waals surface area contributed by atoms with Gasteiger partial charge in [0.1, 0.15) is 5.76 Å². The first-order valence-corrected chi connectivity index (χ1v) is 12.2. The SMILES string of the molecule is Cc1ccccc1CN1C(=O)C(=Cc2ccc(C(=O)NCc3ccco3)cc2)Sc2ccccc21. The lowest BCUT2D eigenvalue weighted by Crippen LogP contribution is -2.33. The fourth-order valence-electron chi connectivity index (χ4n) is 3.94. The van der Waals surface area contributed by atoms with E-state index in [9.17, 15) is 9.59 Å². The van der Waals surface area contributed by atoms with E-state index in [4.69, 9.17) is 4.42 Å². The van der Waals surface area contributed by atoms with Crippen molar-refractivity contribution < 1.29 is 14.0 Å². The van der Waals surface area contributed by atoms with E-state index in [0.717, 1.165) is 27.3 Å². The Labute approximate surface area is 208 Å². The van der Waals surface area contributed by atoms with E-state index in [-0.39, 0.29) is 11.8 Å². The van der Waals surface area contributed by atoms with E-state index in [1.807, 2.05) is 65.6 Å². The number of nitrogens with one attached hydrogen (secondary N) is 1. The van der Waals surface area contributed by atoms with Gasteiger partial charge in [-0.25, -0.2) is 0 Å². The zero-order valence-electron chi connectivity index (χ0n) is 19.2. The van der Waals surface area contributed by atoms with Crippen LogP contribution in [-0.4, -0.2) is 11.8 Å². The lowest BCUT2D eigenvalue weighted by molar-refractivity contribution is -0.114. The number of carbonyl (C=O) groups is 2. The number of para-hydroxylation sites is 1. The molecule has 0 unspecified atom stereocenters. The first kappa shape index (κ1) is 22.7. The largest absolute Gasteiger partial charge is 0.467 e. The molecule has 0 fully saturated rings. The molecule has 2 amide bonds. The molecule has 0 radical (unpaired) electrons. The summed E-state index contributed by atoms with van der Waals surface area (Å²) in [5, 5.41) is 2.84. The summed E-state index contributed by atoms with van der Waals surface area (Å²) in [7, 11) is 0. The zero-order valence-corrected chi connectivity index (χ0v) is 20.0. The second-order valence-corrected chi connectivity index (χ2v) is 9.36. The van der Waals surface area contributed by atoms with Crippen molar-refractivity contribution in [1.29, 1.82) is 0 Å². The van der Waals surface area contributed by atoms with E-state index < -0.39 is 0 Å². The van der Waals surface area contributed by atoms with Crippen molar-refractivity contribution in [3.63, 3.8) is 0 Å². The summed E-state index contributed by atoms with van der Waals surface area (Å²) in [5.74, 6) is 0.488. The smallest absolute Gasteiger partial charge is 0.265 e. The second-order valence-electron chi connectivity index (χ2n) is 8.28. The summed E-state index contributed by atoms with van der Waals surface area (Å²) in [6.45, 7) is 2.90. The van der Waals surface area contributed by atoms with Crippen molar-refractivity contribution >= 4 is 35.3 Å². The number of anilines is 1. The summed E-state index contributed by atoms with van der Waals surface area (Å²) >= 11 is 1.48. The number of amides is 2. The number of nitrogens with zero attached hydrogens (tertiary/aromatic N) is 1. The molecule has 3 aromatic carbocycles. The third-order valence-electron chi connectivity index (χ3n) is 5.90. The average Bonchev–Trinajstić information content (AvgIpc) is 3.40. The van der Waals surface area contributed by atoms with Crippen LogP contribution in [0, 0.1) is 6.92 Å². The molecule has 6 heteroatoms. The minimum atomic E-state index is -0.179. The predicted molar refractivity (Wildman–Crippen MR) is 139 cm³/mol. The van der Waals surface area contributed by atoms with E-state index in [1.54, 1.807) is 24.5 Å². The Balaban J connectivity index is 1.36. The Kier molecular flexibility index (Phi) is 6.55. The number of hydrogen-bond acceptors (Lipinski definition) is 4. The van der Waals surface area contributed by atoms with E-state index >= 15 is 0 Å². The lowest BCUT2D eigenvalue weighted by Gasteiger charge is -2.31. The van der Waals surface area contributed by atoms with Gasteiger partial charge in [0.2, 0.25) is 0 Å². The van der Waals surface area contributed by atoms with Gasteiger partial charge in [0.15, 0.2) is 0 Å². The van der Waals surface area contributed by atoms with Gasteiger partial charge in [-0.1, -0.05) is 60.3 Å². The monoisotopic (exact) mass is 480 g/mol. The van der Waals surface area contributed by atoms with Gasteiger partial charge < -0.3 is 14.6 Å². The maximum Gasteiger partial charge on any atom is 0.265 e. The van der Waals surface area contributed by atoms with Gasteiger partial charge in [-0.2, -0.15) is 0 Å². The Bertz CT molecular complexity index is 1390. The molecule has 0 saturated heterocycles. The van der Waals surface area contributed by atoms with Crippen molar-refractivity contribution in [3.8, 4) is 0 Å². The molecule has 1 aliphatic rings. The van der Waals surface area contributed by atoms with E-state index in [0.29, 0.717) is 29.3 Å². The Morgan fingerprint density at radius 2 is 1.74 bits per heavy atom. The van der Waals surface area contributed by atoms with Crippen LogP contribution in [0.2, 0.25) is 0 Å². The highest BCUT2D eigenvalue weighted by molar-refractivity contribution is 8.04. The Hall–Kier alpha value is -4.03. The molecule has 4 aromatic rings. The average molecular weight is 481 g/mol. The molecular formula is C29H24N2O3S. The molecule has 0 aliphatic carbocycles. The third kappa shape index (κ3) is 5.08. The second kappa shape index (κ2) is 10.1. The fourth-order valence-corrected chi connectivity index (χ4v) is 5.00. The van der Waals surface area contributed by atoms with Crippen molar-refractivity contribution in [2.45, 2.75) is 24.9 Å². The molecule has 1 N–H and O–H groups in total. The molecule has 0 bridgehead atoms. The summed E-state index contributed by atoms with van der Waals surface area (Å²) in [6, 6.07) is 27.0. The molecule has 5 nitrogen and oxygen atoms in total. The molecule has 1 aliphatic heterocycles. The first-order valence-electron chi connectivity index (χ1n) is 11.3. The topological polar surface area (TPSA) is 62.6 Å². The Morgan fingerprint density at radius 3 is 2.51 bits per heavy atom. The number of aryl methyl sites for hydroxylation is 1. The highest BCUT2D eigenvalue weighted by atomic mass is 32.2. The van der Waals surface area contributed by atoms with Crippen LogP contribution in [0.5, 0.6) is 0 Å². The molecule has 0 atom stereocenters. The molecule has 1 aromatic heterocycles. The summed E-state index contributed by atoms with van der Waals surface area (Å²) in [6.07, 6.45) is 3.47. The van der Waals surface area contributed by atoms with Crippen LogP contribution < -0.4 is 10.2 Å². The molecule has 0 saturated carbocycles. The minimum Gasteiger partial charge on any atom is -0.467 e. The lowest BCUT2D eigenvalue weighted by atomic mass is 10.1. The normalized spacial score (nSPS) is 14.1. The molecular weight excluding hydrogens is 456 g/mol. The van der Waals surface area contributed by atoms with Gasteiger partial charge in [-0.05, 0) is 66.1 Å². The molecule has 35 heavy (non-hydrogen) atoms. The van der Waals surface area contributed by atoms with Crippen LogP contribution in [0.15, 0.2) is 105 Å². The van der Waals surface area contributed by atoms with Gasteiger partial charge in [0.05, 0.1) is 29.9 Å². The maximum absolute atomic E-state index is 13.5. The minimum absolute atomic E-state index is 0.0304. The van der Waals surface area contributed by atoms with Gasteiger partial charge in [-0.15, -0.1) is 0 Å². The van der Waals surface area contributed by atoms with Crippen LogP contribution in [0.1, 0.15) is 32.8 Å². The van der Waals surface area contributed by atoms with Gasteiger partial charge >= 0.3 is 0 Å². The molecule has 0 spiro atoms. The highest BCUT2D eigenvalue weighted by Crippen LogP contribution is 2.42. The van der Waals surface area contributed by atoms with Gasteiger partial charge in [-0.3, -0.25) is 9.59 Å². The van der Waals surface area contributed by atoms with Crippen molar-refractivity contribution in [2.24, 2.45) is 0 Å². The summed E-state index contributed by atoms with van der Waals surface area (Å²) in [4.78, 5) is 29.5. The molecule has 2 heterocycles. The van der Waals surface area contributed by atoms with E-state index in [1.165, 1.54) is 11.8 Å². The highest BCUT2D eigenvalue weighted by Gasteiger charge is 2.29. The molecule has 174 valence electrons. The number of fused-ring (bicyclic) bond motifs is 1. The zero-order chi connectivity index (χ0) is 24.2. The van der Waals surface area contributed by atoms with Gasteiger partial charge in [0, 0.05) is 10.5 Å². The van der Waals surface area contributed by atoms with Gasteiger partial charge in [0.25, 0.3) is 11.8 Å². The Morgan fingerprint density at radius 1 is 0.971 bits per heavy atom. The third-order valence-corrected chi connectivity index (χ3v) is 6.97. The van der Waals surface area contributed by atoms with E-state index in [2.05, 4.69) is 24.4 Å². The van der Waals surface area contributed by atoms with Crippen LogP contribution in [-0.2, 0) is 17.9 Å². The predicted octanol–water partition coefficient (Wildman–Crippen LogP) is 6.20. The number of hydrogen-bond donors (Lipinski definition) is 1. The van der Waals surface area contributed by atoms with Crippen LogP contribution in [0.25, 0.3) is 6.08 Å². The van der Waals surface area contributed by atoms with Crippen molar-refractivity contribution in [2.75, 3.05) is 4.90 Å². The van der Waals surface area contributed by atoms with Crippen LogP contribution >= 0.6 is 11.8 Å². The number of rotatable bonds is 6. The number of furan rings is 1. The first-order chi connectivity index (χ1) is 17.1. The number of carbonyl (C=O) groups excluding carboxylic acids is 2. The number of benzene rings is 3. The van der Waals surface area contributed by atoms with Crippen LogP contribution in [0.4, 0.5) is 5.69 Å². The maximum atomic E-state index is 13.5.